The highest BCUT2D eigenvalue weighted by Crippen LogP contribution is 2.25. The van der Waals surface area contributed by atoms with E-state index in [0.717, 1.165) is 0 Å². The molecule has 1 unspecified atom stereocenters. The molecule has 0 fully saturated rings. The largest absolute Gasteiger partial charge is 0.493 e. The van der Waals surface area contributed by atoms with Crippen LogP contribution in [0.1, 0.15) is 53.9 Å². The molecule has 1 rings (SSSR count). The summed E-state index contributed by atoms with van der Waals surface area (Å²) in [7, 11) is 1.58. The maximum atomic E-state index is 12.3. The average Bonchev–Trinajstić information content (AvgIpc) is 2.56. The van der Waals surface area contributed by atoms with Gasteiger partial charge in [0.05, 0.1) is 13.7 Å². The quantitative estimate of drug-likeness (QED) is 0.495. The Kier molecular flexibility index (Phi) is 9.12. The van der Waals surface area contributed by atoms with Crippen LogP contribution in [0.2, 0.25) is 0 Å². The van der Waals surface area contributed by atoms with E-state index in [4.69, 9.17) is 14.2 Å². The molecule has 1 aromatic rings. The fraction of sp³-hybridized carbons (Fsp3) is 0.619. The van der Waals surface area contributed by atoms with Crippen LogP contribution in [0.3, 0.4) is 0 Å². The molecule has 0 bridgehead atoms. The van der Waals surface area contributed by atoms with Crippen molar-refractivity contribution in [2.75, 3.05) is 13.7 Å². The number of methoxy groups -OCH3 is 1. The molecule has 0 saturated heterocycles. The normalized spacial score (nSPS) is 12.4. The predicted molar refractivity (Wildman–Crippen MR) is 105 cm³/mol. The highest BCUT2D eigenvalue weighted by molar-refractivity contribution is 5.84. The summed E-state index contributed by atoms with van der Waals surface area (Å²) in [5.41, 5.74) is -0.584. The van der Waals surface area contributed by atoms with Crippen molar-refractivity contribution in [2.45, 2.75) is 65.5 Å². The Hall–Kier alpha value is -2.24. The maximum Gasteiger partial charge on any atom is 0.329 e. The molecule has 6 nitrogen and oxygen atoms in total. The van der Waals surface area contributed by atoms with E-state index in [1.807, 2.05) is 58.9 Å². The number of para-hydroxylation sites is 2. The van der Waals surface area contributed by atoms with E-state index < -0.39 is 17.6 Å². The Labute approximate surface area is 162 Å². The lowest BCUT2D eigenvalue weighted by atomic mass is 10.0. The number of amides is 1. The molecule has 0 aromatic heterocycles. The van der Waals surface area contributed by atoms with E-state index in [1.165, 1.54) is 0 Å². The van der Waals surface area contributed by atoms with Crippen LogP contribution < -0.4 is 14.8 Å². The summed E-state index contributed by atoms with van der Waals surface area (Å²) in [5.74, 6) is 0.984. The van der Waals surface area contributed by atoms with E-state index >= 15 is 0 Å². The van der Waals surface area contributed by atoms with E-state index in [1.54, 1.807) is 7.11 Å². The molecule has 1 atom stereocenters. The van der Waals surface area contributed by atoms with Gasteiger partial charge in [0.15, 0.2) is 11.5 Å². The molecular weight excluding hydrogens is 346 g/mol. The van der Waals surface area contributed by atoms with Crippen LogP contribution in [0.25, 0.3) is 0 Å². The van der Waals surface area contributed by atoms with Gasteiger partial charge in [0, 0.05) is 6.42 Å². The first-order valence-electron chi connectivity index (χ1n) is 9.40. The maximum absolute atomic E-state index is 12.3. The standard InChI is InChI=1S/C21H33NO5/c1-15(2)14-16(20(24)27-21(3,4)5)22-19(23)12-9-13-26-18-11-8-7-10-17(18)25-6/h7-8,10-11,15-16H,9,12-14H2,1-6H3,(H,22,23). The van der Waals surface area contributed by atoms with Crippen LogP contribution in [0.4, 0.5) is 0 Å². The summed E-state index contributed by atoms with van der Waals surface area (Å²) in [4.78, 5) is 24.6. The molecule has 27 heavy (non-hydrogen) atoms. The number of esters is 1. The van der Waals surface area contributed by atoms with Crippen LogP contribution in [0, 0.1) is 5.92 Å². The minimum absolute atomic E-state index is 0.185. The van der Waals surface area contributed by atoms with Crippen LogP contribution >= 0.6 is 0 Å². The minimum Gasteiger partial charge on any atom is -0.493 e. The molecule has 0 heterocycles. The molecule has 0 radical (unpaired) electrons. The highest BCUT2D eigenvalue weighted by atomic mass is 16.6. The van der Waals surface area contributed by atoms with Crippen molar-refractivity contribution in [3.63, 3.8) is 0 Å². The second-order valence-electron chi connectivity index (χ2n) is 7.89. The van der Waals surface area contributed by atoms with Crippen molar-refractivity contribution < 1.29 is 23.8 Å². The summed E-state index contributed by atoms with van der Waals surface area (Å²) < 4.78 is 16.3. The lowest BCUT2D eigenvalue weighted by Gasteiger charge is -2.25. The third-order valence-corrected chi connectivity index (χ3v) is 3.61. The number of rotatable bonds is 10. The van der Waals surface area contributed by atoms with Crippen LogP contribution in [-0.2, 0) is 14.3 Å². The summed E-state index contributed by atoms with van der Waals surface area (Å²) in [5, 5.41) is 2.80. The lowest BCUT2D eigenvalue weighted by molar-refractivity contribution is -0.159. The Balaban J connectivity index is 2.48. The SMILES string of the molecule is COc1ccccc1OCCCC(=O)NC(CC(C)C)C(=O)OC(C)(C)C. The first-order valence-corrected chi connectivity index (χ1v) is 9.40. The van der Waals surface area contributed by atoms with E-state index in [9.17, 15) is 9.59 Å². The zero-order valence-electron chi connectivity index (χ0n) is 17.3. The Morgan fingerprint density at radius 2 is 1.74 bits per heavy atom. The van der Waals surface area contributed by atoms with Gasteiger partial charge in [-0.25, -0.2) is 4.79 Å². The van der Waals surface area contributed by atoms with Gasteiger partial charge in [-0.15, -0.1) is 0 Å². The lowest BCUT2D eigenvalue weighted by Crippen LogP contribution is -2.44. The monoisotopic (exact) mass is 379 g/mol. The Bertz CT molecular complexity index is 607. The van der Waals surface area contributed by atoms with Crippen molar-refractivity contribution in [2.24, 2.45) is 5.92 Å². The number of carbonyl (C=O) groups is 2. The second-order valence-corrected chi connectivity index (χ2v) is 7.89. The first-order chi connectivity index (χ1) is 12.6. The molecule has 0 spiro atoms. The summed E-state index contributed by atoms with van der Waals surface area (Å²) in [6.07, 6.45) is 1.34. The molecule has 1 N–H and O–H groups in total. The fourth-order valence-electron chi connectivity index (χ4n) is 2.48. The number of hydrogen-bond donors (Lipinski definition) is 1. The number of ether oxygens (including phenoxy) is 3. The van der Waals surface area contributed by atoms with Crippen molar-refractivity contribution >= 4 is 11.9 Å². The molecule has 6 heteroatoms. The molecule has 0 saturated carbocycles. The topological polar surface area (TPSA) is 73.9 Å². The molecule has 0 aliphatic carbocycles. The van der Waals surface area contributed by atoms with Gasteiger partial charge in [-0.2, -0.15) is 0 Å². The minimum atomic E-state index is -0.633. The van der Waals surface area contributed by atoms with Gasteiger partial charge in [0.1, 0.15) is 11.6 Å². The Morgan fingerprint density at radius 1 is 1.11 bits per heavy atom. The first kappa shape index (κ1) is 22.8. The van der Waals surface area contributed by atoms with Gasteiger partial charge in [-0.3, -0.25) is 4.79 Å². The highest BCUT2D eigenvalue weighted by Gasteiger charge is 2.27. The second kappa shape index (κ2) is 10.8. The molecule has 152 valence electrons. The van der Waals surface area contributed by atoms with Crippen molar-refractivity contribution in [1.29, 1.82) is 0 Å². The summed E-state index contributed by atoms with van der Waals surface area (Å²) >= 11 is 0. The average molecular weight is 379 g/mol. The number of hydrogen-bond acceptors (Lipinski definition) is 5. The van der Waals surface area contributed by atoms with Gasteiger partial charge >= 0.3 is 5.97 Å². The zero-order chi connectivity index (χ0) is 20.4. The molecule has 1 amide bonds. The molecule has 1 aromatic carbocycles. The molecule has 0 aliphatic rings. The third-order valence-electron chi connectivity index (χ3n) is 3.61. The van der Waals surface area contributed by atoms with Gasteiger partial charge < -0.3 is 19.5 Å². The van der Waals surface area contributed by atoms with Gasteiger partial charge in [-0.05, 0) is 51.7 Å². The third kappa shape index (κ3) is 9.31. The van der Waals surface area contributed by atoms with Crippen molar-refractivity contribution in [3.8, 4) is 11.5 Å². The van der Waals surface area contributed by atoms with Crippen LogP contribution in [0.5, 0.6) is 11.5 Å². The smallest absolute Gasteiger partial charge is 0.329 e. The zero-order valence-corrected chi connectivity index (χ0v) is 17.3. The summed E-state index contributed by atoms with van der Waals surface area (Å²) in [6, 6.07) is 6.73. The van der Waals surface area contributed by atoms with E-state index in [-0.39, 0.29) is 18.2 Å². The fourth-order valence-corrected chi connectivity index (χ4v) is 2.48. The molecular formula is C21H33NO5. The van der Waals surface area contributed by atoms with Crippen LogP contribution in [0.15, 0.2) is 24.3 Å². The van der Waals surface area contributed by atoms with Crippen molar-refractivity contribution in [3.05, 3.63) is 24.3 Å². The van der Waals surface area contributed by atoms with Crippen molar-refractivity contribution in [1.82, 2.24) is 5.32 Å². The van der Waals surface area contributed by atoms with Gasteiger partial charge in [-0.1, -0.05) is 26.0 Å². The number of benzene rings is 1. The predicted octanol–water partition coefficient (Wildman–Crippen LogP) is 3.73. The van der Waals surface area contributed by atoms with E-state index in [2.05, 4.69) is 5.32 Å². The summed E-state index contributed by atoms with van der Waals surface area (Å²) in [6.45, 7) is 9.83. The molecule has 0 aliphatic heterocycles. The number of nitrogens with one attached hydrogen (secondary N) is 1. The van der Waals surface area contributed by atoms with E-state index in [0.29, 0.717) is 30.9 Å². The van der Waals surface area contributed by atoms with Gasteiger partial charge in [0.25, 0.3) is 0 Å². The number of carbonyl (C=O) groups excluding carboxylic acids is 2. The van der Waals surface area contributed by atoms with Crippen LogP contribution in [-0.4, -0.2) is 37.2 Å². The van der Waals surface area contributed by atoms with Gasteiger partial charge in [0.2, 0.25) is 5.91 Å². The Morgan fingerprint density at radius 3 is 2.30 bits per heavy atom.